The van der Waals surface area contributed by atoms with Gasteiger partial charge in [0.1, 0.15) is 17.3 Å². The van der Waals surface area contributed by atoms with Crippen LogP contribution in [0.15, 0.2) is 18.2 Å². The highest BCUT2D eigenvalue weighted by molar-refractivity contribution is 5.90. The third-order valence-electron chi connectivity index (χ3n) is 13.7. The van der Waals surface area contributed by atoms with Gasteiger partial charge in [-0.3, -0.25) is 9.69 Å². The van der Waals surface area contributed by atoms with Crippen LogP contribution in [0.3, 0.4) is 0 Å². The summed E-state index contributed by atoms with van der Waals surface area (Å²) >= 11 is 0. The zero-order chi connectivity index (χ0) is 35.3. The first-order valence-corrected chi connectivity index (χ1v) is 17.3. The number of carbonyl (C=O) groups excluding carboxylic acids is 2. The molecule has 6 aliphatic rings. The Morgan fingerprint density at radius 3 is 2.27 bits per heavy atom. The molecule has 2 N–H and O–H groups in total. The minimum Gasteiger partial charge on any atom is -0.493 e. The molecule has 0 radical (unpaired) electrons. The lowest BCUT2D eigenvalue weighted by Crippen LogP contribution is -2.79. The maximum Gasteiger partial charge on any atom is 0.338 e. The van der Waals surface area contributed by atoms with Crippen LogP contribution in [0.5, 0.6) is 11.5 Å². The van der Waals surface area contributed by atoms with Crippen LogP contribution in [-0.2, 0) is 33.2 Å². The van der Waals surface area contributed by atoms with Gasteiger partial charge in [-0.1, -0.05) is 6.92 Å². The van der Waals surface area contributed by atoms with Gasteiger partial charge in [-0.25, -0.2) is 4.79 Å². The average molecular weight is 690 g/mol. The number of esters is 2. The minimum atomic E-state index is -1.62. The molecule has 1 saturated heterocycles. The molecule has 5 aliphatic carbocycles. The van der Waals surface area contributed by atoms with E-state index in [1.807, 2.05) is 0 Å². The second-order valence-electron chi connectivity index (χ2n) is 15.1. The van der Waals surface area contributed by atoms with Crippen LogP contribution in [0.4, 0.5) is 0 Å². The molecule has 1 aliphatic heterocycles. The molecule has 49 heavy (non-hydrogen) atoms. The smallest absolute Gasteiger partial charge is 0.338 e. The summed E-state index contributed by atoms with van der Waals surface area (Å²) in [6.45, 7) is 4.99. The number of aliphatic hydroxyl groups excluding tert-OH is 1. The van der Waals surface area contributed by atoms with E-state index in [1.54, 1.807) is 39.5 Å². The predicted molar refractivity (Wildman–Crippen MR) is 172 cm³/mol. The fraction of sp³-hybridized carbons (Fsp3) is 0.778. The molecular formula is C36H51NO12. The van der Waals surface area contributed by atoms with E-state index in [2.05, 4.69) is 11.8 Å². The molecule has 14 atom stereocenters. The summed E-state index contributed by atoms with van der Waals surface area (Å²) in [6.07, 6.45) is -2.89. The number of methoxy groups -OCH3 is 6. The number of hydrogen-bond donors (Lipinski definition) is 2. The van der Waals surface area contributed by atoms with Gasteiger partial charge >= 0.3 is 11.9 Å². The van der Waals surface area contributed by atoms with Crippen molar-refractivity contribution in [1.29, 1.82) is 0 Å². The van der Waals surface area contributed by atoms with Gasteiger partial charge in [-0.15, -0.1) is 0 Å². The quantitative estimate of drug-likeness (QED) is 0.325. The number of hydrogen-bond acceptors (Lipinski definition) is 13. The van der Waals surface area contributed by atoms with E-state index in [4.69, 9.17) is 37.9 Å². The van der Waals surface area contributed by atoms with Crippen LogP contribution in [0.1, 0.15) is 43.5 Å². The molecule has 1 heterocycles. The van der Waals surface area contributed by atoms with Crippen molar-refractivity contribution in [1.82, 2.24) is 4.90 Å². The molecule has 272 valence electrons. The van der Waals surface area contributed by atoms with E-state index < -0.39 is 76.3 Å². The molecule has 1 spiro atoms. The molecule has 1 aromatic rings. The summed E-state index contributed by atoms with van der Waals surface area (Å²) in [5.74, 6) is -2.07. The fourth-order valence-corrected chi connectivity index (χ4v) is 12.6. The summed E-state index contributed by atoms with van der Waals surface area (Å²) < 4.78 is 48.9. The van der Waals surface area contributed by atoms with Crippen molar-refractivity contribution >= 4 is 11.9 Å². The van der Waals surface area contributed by atoms with Crippen LogP contribution < -0.4 is 9.47 Å². The van der Waals surface area contributed by atoms with Crippen molar-refractivity contribution in [3.05, 3.63) is 23.8 Å². The predicted octanol–water partition coefficient (Wildman–Crippen LogP) is 1.69. The van der Waals surface area contributed by atoms with Gasteiger partial charge < -0.3 is 48.1 Å². The van der Waals surface area contributed by atoms with Gasteiger partial charge in [0, 0.05) is 89.4 Å². The lowest BCUT2D eigenvalue weighted by atomic mass is 9.42. The van der Waals surface area contributed by atoms with E-state index >= 15 is 0 Å². The highest BCUT2D eigenvalue weighted by Gasteiger charge is 2.90. The number of carbonyl (C=O) groups is 2. The molecule has 0 unspecified atom stereocenters. The van der Waals surface area contributed by atoms with E-state index in [-0.39, 0.29) is 42.9 Å². The van der Waals surface area contributed by atoms with Gasteiger partial charge in [0.25, 0.3) is 0 Å². The molecular weight excluding hydrogens is 638 g/mol. The second kappa shape index (κ2) is 12.0. The minimum absolute atomic E-state index is 0.185. The number of aliphatic hydroxyl groups is 2. The molecule has 0 amide bonds. The number of fused-ring (bicyclic) bond motifs is 2. The van der Waals surface area contributed by atoms with Crippen molar-refractivity contribution in [3.8, 4) is 11.5 Å². The maximum absolute atomic E-state index is 14.1. The molecule has 7 rings (SSSR count). The van der Waals surface area contributed by atoms with Gasteiger partial charge in [0.05, 0.1) is 50.8 Å². The Morgan fingerprint density at radius 2 is 1.67 bits per heavy atom. The number of benzene rings is 1. The number of rotatable bonds is 11. The molecule has 5 saturated carbocycles. The van der Waals surface area contributed by atoms with E-state index in [1.165, 1.54) is 28.3 Å². The lowest BCUT2D eigenvalue weighted by molar-refractivity contribution is -0.300. The first-order chi connectivity index (χ1) is 23.4. The maximum atomic E-state index is 14.1. The summed E-state index contributed by atoms with van der Waals surface area (Å²) in [5.41, 5.74) is -4.09. The van der Waals surface area contributed by atoms with Crippen molar-refractivity contribution in [2.24, 2.45) is 34.5 Å². The summed E-state index contributed by atoms with van der Waals surface area (Å²) in [7, 11) is 9.53. The van der Waals surface area contributed by atoms with E-state index in [0.29, 0.717) is 31.0 Å². The summed E-state index contributed by atoms with van der Waals surface area (Å²) in [5, 5.41) is 24.9. The highest BCUT2D eigenvalue weighted by Crippen LogP contribution is 2.80. The lowest BCUT2D eigenvalue weighted by Gasteiger charge is -2.70. The normalized spacial score (nSPS) is 45.9. The van der Waals surface area contributed by atoms with Gasteiger partial charge in [0.2, 0.25) is 0 Å². The highest BCUT2D eigenvalue weighted by atomic mass is 16.6. The van der Waals surface area contributed by atoms with Gasteiger partial charge in [-0.05, 0) is 37.1 Å². The molecule has 7 bridgehead atoms. The van der Waals surface area contributed by atoms with Crippen molar-refractivity contribution in [3.63, 3.8) is 0 Å². The third-order valence-corrected chi connectivity index (χ3v) is 13.7. The Labute approximate surface area is 287 Å². The Hall–Kier alpha value is -2.52. The third kappa shape index (κ3) is 4.24. The standard InChI is InChI=1S/C36H51NO12/c1-9-37-16-33(17-42-3)23(39)13-24(45-6)36-20-14-34(41)25(46-7)15-35(49-18(2)38,27(30(36)37)28(47-8)29(33)36)26(20)31(34)48-32(40)19-10-11-21(43-4)22(12-19)44-5/h10-12,20,23-31,39,41H,9,13-17H2,1-8H3/t20-,23+,24+,25+,26-,27+,28-,29-,30-,31+,33+,34+,35-,36+/m1/s1. The molecule has 13 nitrogen and oxygen atoms in total. The molecule has 6 fully saturated rings. The first kappa shape index (κ1) is 34.9. The molecule has 0 aromatic heterocycles. The SMILES string of the molecule is CCN1C[C@@]2(COC)[C@H]3[C@H](OC)[C@H]4[C@@H]1[C@]3([C@@H](OC)C[C@@H]2O)[C@@H]1C[C@]2(O)[C@@H](OC)C[C@@]4(OC(C)=O)[C@H]1[C@@H]2OC(=O)c1ccc(OC)c(OC)c1. The van der Waals surface area contributed by atoms with Crippen LogP contribution in [-0.4, -0.2) is 137 Å². The van der Waals surface area contributed by atoms with Gasteiger partial charge in [0.15, 0.2) is 11.5 Å². The topological polar surface area (TPSA) is 152 Å². The van der Waals surface area contributed by atoms with Crippen molar-refractivity contribution in [2.45, 2.75) is 80.9 Å². The number of nitrogens with zero attached hydrogens (tertiary/aromatic N) is 1. The van der Waals surface area contributed by atoms with Gasteiger partial charge in [-0.2, -0.15) is 0 Å². The Kier molecular flexibility index (Phi) is 8.57. The summed E-state index contributed by atoms with van der Waals surface area (Å²) in [4.78, 5) is 29.8. The van der Waals surface area contributed by atoms with Crippen molar-refractivity contribution < 1.29 is 57.7 Å². The fourth-order valence-electron chi connectivity index (χ4n) is 12.6. The van der Waals surface area contributed by atoms with E-state index in [0.717, 1.165) is 0 Å². The number of piperidine rings is 1. The first-order valence-electron chi connectivity index (χ1n) is 17.3. The summed E-state index contributed by atoms with van der Waals surface area (Å²) in [6, 6.07) is 4.56. The van der Waals surface area contributed by atoms with Crippen molar-refractivity contribution in [2.75, 3.05) is 62.4 Å². The van der Waals surface area contributed by atoms with Crippen LogP contribution in [0.2, 0.25) is 0 Å². The monoisotopic (exact) mass is 689 g/mol. The number of likely N-dealkylation sites (tertiary alicyclic amines) is 1. The molecule has 13 heteroatoms. The zero-order valence-electron chi connectivity index (χ0n) is 29.7. The second-order valence-corrected chi connectivity index (χ2v) is 15.1. The van der Waals surface area contributed by atoms with Crippen LogP contribution >= 0.6 is 0 Å². The van der Waals surface area contributed by atoms with E-state index in [9.17, 15) is 19.8 Å². The average Bonchev–Trinajstić information content (AvgIpc) is 3.46. The van der Waals surface area contributed by atoms with Crippen LogP contribution in [0, 0.1) is 34.5 Å². The Morgan fingerprint density at radius 1 is 0.959 bits per heavy atom. The number of ether oxygens (including phenoxy) is 8. The largest absolute Gasteiger partial charge is 0.493 e. The Balaban J connectivity index is 1.46. The Bertz CT molecular complexity index is 1480. The molecule has 1 aromatic carbocycles. The zero-order valence-corrected chi connectivity index (χ0v) is 29.7. The van der Waals surface area contributed by atoms with Crippen LogP contribution in [0.25, 0.3) is 0 Å².